The molecular weight excluding hydrogens is 475 g/mol. The third-order valence-corrected chi connectivity index (χ3v) is 7.57. The molecular formula is C32H35FN4O. The molecule has 1 saturated carbocycles. The molecule has 0 bridgehead atoms. The number of pyridine rings is 1. The van der Waals surface area contributed by atoms with Crippen molar-refractivity contribution in [2.45, 2.75) is 50.6 Å². The fourth-order valence-electron chi connectivity index (χ4n) is 5.32. The Balaban J connectivity index is 1.17. The number of anilines is 2. The van der Waals surface area contributed by atoms with Gasteiger partial charge in [0.05, 0.1) is 11.4 Å². The van der Waals surface area contributed by atoms with Crippen molar-refractivity contribution in [1.82, 2.24) is 10.3 Å². The van der Waals surface area contributed by atoms with Gasteiger partial charge in [-0.2, -0.15) is 0 Å². The van der Waals surface area contributed by atoms with Gasteiger partial charge in [0.2, 0.25) is 5.91 Å². The summed E-state index contributed by atoms with van der Waals surface area (Å²) in [4.78, 5) is 20.0. The number of aromatic nitrogens is 1. The van der Waals surface area contributed by atoms with E-state index in [-0.39, 0.29) is 17.8 Å². The van der Waals surface area contributed by atoms with Crippen molar-refractivity contribution in [3.63, 3.8) is 0 Å². The quantitative estimate of drug-likeness (QED) is 0.289. The number of nitrogens with zero attached hydrogens (tertiary/aromatic N) is 2. The fourth-order valence-corrected chi connectivity index (χ4v) is 5.32. The van der Waals surface area contributed by atoms with E-state index in [1.165, 1.54) is 6.07 Å². The van der Waals surface area contributed by atoms with E-state index in [2.05, 4.69) is 27.7 Å². The van der Waals surface area contributed by atoms with Crippen LogP contribution in [0.3, 0.4) is 0 Å². The highest BCUT2D eigenvalue weighted by Crippen LogP contribution is 2.30. The number of nitrogens with one attached hydrogen (secondary N) is 2. The largest absolute Gasteiger partial charge is 0.377 e. The summed E-state index contributed by atoms with van der Waals surface area (Å²) in [5, 5.41) is 7.96. The number of carbonyl (C=O) groups is 1. The number of halogens is 1. The molecule has 196 valence electrons. The Morgan fingerprint density at radius 2 is 1.61 bits per heavy atom. The summed E-state index contributed by atoms with van der Waals surface area (Å²) in [6.07, 6.45) is 3.69. The summed E-state index contributed by atoms with van der Waals surface area (Å²) in [5.41, 5.74) is 4.18. The van der Waals surface area contributed by atoms with Gasteiger partial charge in [-0.15, -0.1) is 0 Å². The highest BCUT2D eigenvalue weighted by atomic mass is 19.1. The van der Waals surface area contributed by atoms with Gasteiger partial charge in [0, 0.05) is 48.9 Å². The van der Waals surface area contributed by atoms with Gasteiger partial charge in [0.15, 0.2) is 0 Å². The lowest BCUT2D eigenvalue weighted by molar-refractivity contribution is -0.123. The lowest BCUT2D eigenvalue weighted by Crippen LogP contribution is -2.41. The normalized spacial score (nSPS) is 18.1. The predicted molar refractivity (Wildman–Crippen MR) is 154 cm³/mol. The number of hydrogen-bond donors (Lipinski definition) is 2. The van der Waals surface area contributed by atoms with Crippen LogP contribution in [0, 0.1) is 5.82 Å². The molecule has 1 amide bonds. The standard InChI is InChI=1S/C32H35FN4O/c1-21(23-13-18-26(28(33)19-23)22-9-5-4-6-10-22)32(38)35-25-16-14-24(15-17-25)34-31-20-30(37(2)3)27-11-7-8-12-29(27)36-31/h4-13,18-21,24-25H,14-17H2,1-3H3,(H,34,36)(H,35,38). The Bertz CT molecular complexity index is 1410. The zero-order chi connectivity index (χ0) is 26.6. The van der Waals surface area contributed by atoms with Gasteiger partial charge in [-0.3, -0.25) is 4.79 Å². The molecule has 1 heterocycles. The van der Waals surface area contributed by atoms with Crippen LogP contribution >= 0.6 is 0 Å². The second-order valence-electron chi connectivity index (χ2n) is 10.5. The van der Waals surface area contributed by atoms with Crippen LogP contribution in [-0.4, -0.2) is 37.1 Å². The maximum atomic E-state index is 14.8. The van der Waals surface area contributed by atoms with Crippen molar-refractivity contribution in [2.24, 2.45) is 0 Å². The van der Waals surface area contributed by atoms with Crippen LogP contribution in [0.2, 0.25) is 0 Å². The lowest BCUT2D eigenvalue weighted by Gasteiger charge is -2.31. The van der Waals surface area contributed by atoms with E-state index in [0.717, 1.165) is 53.7 Å². The summed E-state index contributed by atoms with van der Waals surface area (Å²) < 4.78 is 14.8. The maximum Gasteiger partial charge on any atom is 0.227 e. The second-order valence-corrected chi connectivity index (χ2v) is 10.5. The van der Waals surface area contributed by atoms with Gasteiger partial charge in [-0.1, -0.05) is 60.7 Å². The molecule has 3 aromatic carbocycles. The fraction of sp³-hybridized carbons (Fsp3) is 0.312. The van der Waals surface area contributed by atoms with Gasteiger partial charge >= 0.3 is 0 Å². The Labute approximate surface area is 224 Å². The first-order valence-electron chi connectivity index (χ1n) is 13.4. The average molecular weight is 511 g/mol. The smallest absolute Gasteiger partial charge is 0.227 e. The minimum Gasteiger partial charge on any atom is -0.377 e. The van der Waals surface area contributed by atoms with Crippen LogP contribution in [0.5, 0.6) is 0 Å². The van der Waals surface area contributed by atoms with Crippen molar-refractivity contribution >= 4 is 28.3 Å². The molecule has 2 N–H and O–H groups in total. The topological polar surface area (TPSA) is 57.3 Å². The molecule has 1 atom stereocenters. The Morgan fingerprint density at radius 3 is 2.32 bits per heavy atom. The van der Waals surface area contributed by atoms with Gasteiger partial charge < -0.3 is 15.5 Å². The van der Waals surface area contributed by atoms with Crippen molar-refractivity contribution in [3.8, 4) is 11.1 Å². The number of hydrogen-bond acceptors (Lipinski definition) is 4. The molecule has 5 nitrogen and oxygen atoms in total. The van der Waals surface area contributed by atoms with E-state index < -0.39 is 5.92 Å². The molecule has 6 heteroatoms. The van der Waals surface area contributed by atoms with Crippen LogP contribution in [0.15, 0.2) is 78.9 Å². The lowest BCUT2D eigenvalue weighted by atomic mass is 9.90. The van der Waals surface area contributed by atoms with E-state index in [0.29, 0.717) is 17.2 Å². The minimum atomic E-state index is -0.420. The van der Waals surface area contributed by atoms with E-state index in [4.69, 9.17) is 4.98 Å². The summed E-state index contributed by atoms with van der Waals surface area (Å²) in [6, 6.07) is 25.3. The molecule has 5 rings (SSSR count). The number of rotatable bonds is 7. The molecule has 0 aliphatic heterocycles. The maximum absolute atomic E-state index is 14.8. The monoisotopic (exact) mass is 510 g/mol. The zero-order valence-electron chi connectivity index (χ0n) is 22.2. The Hall–Kier alpha value is -3.93. The minimum absolute atomic E-state index is 0.0555. The van der Waals surface area contributed by atoms with E-state index >= 15 is 0 Å². The molecule has 0 saturated heterocycles. The van der Waals surface area contributed by atoms with Crippen molar-refractivity contribution in [2.75, 3.05) is 24.3 Å². The first kappa shape index (κ1) is 25.7. The van der Waals surface area contributed by atoms with Crippen LogP contribution in [-0.2, 0) is 4.79 Å². The number of carbonyl (C=O) groups excluding carboxylic acids is 1. The molecule has 1 aliphatic carbocycles. The summed E-state index contributed by atoms with van der Waals surface area (Å²) in [7, 11) is 4.10. The van der Waals surface area contributed by atoms with Crippen molar-refractivity contribution < 1.29 is 9.18 Å². The van der Waals surface area contributed by atoms with Crippen LogP contribution in [0.25, 0.3) is 22.0 Å². The molecule has 0 radical (unpaired) electrons. The van der Waals surface area contributed by atoms with Crippen molar-refractivity contribution in [3.05, 3.63) is 90.2 Å². The van der Waals surface area contributed by atoms with Gasteiger partial charge in [-0.25, -0.2) is 9.37 Å². The third-order valence-electron chi connectivity index (χ3n) is 7.57. The first-order chi connectivity index (χ1) is 18.4. The van der Waals surface area contributed by atoms with Crippen LogP contribution in [0.4, 0.5) is 15.9 Å². The zero-order valence-corrected chi connectivity index (χ0v) is 22.2. The molecule has 4 aromatic rings. The summed E-state index contributed by atoms with van der Waals surface area (Å²) in [6.45, 7) is 1.84. The number of fused-ring (bicyclic) bond motifs is 1. The van der Waals surface area contributed by atoms with Gasteiger partial charge in [-0.05, 0) is 55.9 Å². The molecule has 1 unspecified atom stereocenters. The molecule has 1 fully saturated rings. The predicted octanol–water partition coefficient (Wildman–Crippen LogP) is 6.75. The van der Waals surface area contributed by atoms with E-state index in [9.17, 15) is 9.18 Å². The van der Waals surface area contributed by atoms with Crippen LogP contribution in [0.1, 0.15) is 44.1 Å². The van der Waals surface area contributed by atoms with Gasteiger partial charge in [0.25, 0.3) is 0 Å². The first-order valence-corrected chi connectivity index (χ1v) is 13.4. The van der Waals surface area contributed by atoms with E-state index in [1.807, 2.05) is 75.6 Å². The summed E-state index contributed by atoms with van der Waals surface area (Å²) in [5.74, 6) is 0.102. The molecule has 38 heavy (non-hydrogen) atoms. The summed E-state index contributed by atoms with van der Waals surface area (Å²) >= 11 is 0. The highest BCUT2D eigenvalue weighted by molar-refractivity contribution is 5.93. The third kappa shape index (κ3) is 5.64. The highest BCUT2D eigenvalue weighted by Gasteiger charge is 2.25. The number of para-hydroxylation sites is 1. The van der Waals surface area contributed by atoms with Crippen LogP contribution < -0.4 is 15.5 Å². The Morgan fingerprint density at radius 1 is 0.921 bits per heavy atom. The molecule has 1 aliphatic rings. The number of amides is 1. The Kier molecular flexibility index (Phi) is 7.59. The van der Waals surface area contributed by atoms with Gasteiger partial charge in [0.1, 0.15) is 11.6 Å². The molecule has 1 aromatic heterocycles. The van der Waals surface area contributed by atoms with Crippen molar-refractivity contribution in [1.29, 1.82) is 0 Å². The average Bonchev–Trinajstić information content (AvgIpc) is 2.93. The SMILES string of the molecule is CC(C(=O)NC1CCC(Nc2cc(N(C)C)c3ccccc3n2)CC1)c1ccc(-c2ccccc2)c(F)c1. The molecule has 0 spiro atoms. The number of benzene rings is 3. The van der Waals surface area contributed by atoms with E-state index in [1.54, 1.807) is 6.07 Å². The second kappa shape index (κ2) is 11.2.